The lowest BCUT2D eigenvalue weighted by molar-refractivity contribution is 0.167. The average Bonchev–Trinajstić information content (AvgIpc) is 3.05. The molecule has 1 aliphatic heterocycles. The molecule has 1 aliphatic rings. The van der Waals surface area contributed by atoms with Crippen LogP contribution >= 0.6 is 23.7 Å². The topological polar surface area (TPSA) is 35.9 Å². The standard InChI is InChI=1S/C31H40N2O2S2/c1-5-7-18-31(19-8-6-2)23-32(25-12-10-9-11-13-25)27-20-30(36-4)28(34)21-29(27)37-33(31)22-24-14-16-26(35-3)17-15-24/h9-17,20-21,34H,5-8,18-19,22-23H2,1-4H3. The van der Waals surface area contributed by atoms with E-state index in [0.29, 0.717) is 5.75 Å². The van der Waals surface area contributed by atoms with Gasteiger partial charge in [0.1, 0.15) is 11.5 Å². The molecule has 0 radical (unpaired) electrons. The van der Waals surface area contributed by atoms with Crippen LogP contribution in [-0.4, -0.2) is 34.9 Å². The van der Waals surface area contributed by atoms with E-state index in [2.05, 4.69) is 83.7 Å². The summed E-state index contributed by atoms with van der Waals surface area (Å²) in [5, 5.41) is 10.9. The zero-order valence-electron chi connectivity index (χ0n) is 22.6. The number of rotatable bonds is 11. The molecule has 0 bridgehead atoms. The molecule has 0 saturated heterocycles. The number of phenolic OH excluding ortho intramolecular Hbond substituents is 1. The Morgan fingerprint density at radius 1 is 0.973 bits per heavy atom. The number of unbranched alkanes of at least 4 members (excludes halogenated alkanes) is 2. The van der Waals surface area contributed by atoms with Crippen LogP contribution in [0.2, 0.25) is 0 Å². The van der Waals surface area contributed by atoms with Crippen molar-refractivity contribution in [3.8, 4) is 11.5 Å². The normalized spacial score (nSPS) is 15.3. The van der Waals surface area contributed by atoms with E-state index in [1.807, 2.05) is 24.3 Å². The lowest BCUT2D eigenvalue weighted by Crippen LogP contribution is -2.51. The maximum atomic E-state index is 10.9. The Balaban J connectivity index is 1.86. The van der Waals surface area contributed by atoms with Gasteiger partial charge in [0.25, 0.3) is 0 Å². The number of phenols is 1. The Bertz CT molecular complexity index is 1130. The maximum Gasteiger partial charge on any atom is 0.130 e. The number of fused-ring (bicyclic) bond motifs is 1. The van der Waals surface area contributed by atoms with E-state index in [4.69, 9.17) is 4.74 Å². The van der Waals surface area contributed by atoms with Gasteiger partial charge in [0, 0.05) is 24.3 Å². The van der Waals surface area contributed by atoms with Gasteiger partial charge in [-0.15, -0.1) is 11.8 Å². The van der Waals surface area contributed by atoms with Gasteiger partial charge in [0.15, 0.2) is 0 Å². The third-order valence-corrected chi connectivity index (χ3v) is 9.31. The minimum Gasteiger partial charge on any atom is -0.507 e. The monoisotopic (exact) mass is 536 g/mol. The van der Waals surface area contributed by atoms with E-state index < -0.39 is 0 Å². The van der Waals surface area contributed by atoms with Crippen LogP contribution in [0.25, 0.3) is 0 Å². The molecule has 0 unspecified atom stereocenters. The first-order valence-electron chi connectivity index (χ1n) is 13.4. The van der Waals surface area contributed by atoms with Gasteiger partial charge in [-0.2, -0.15) is 0 Å². The minimum absolute atomic E-state index is 0.0272. The predicted octanol–water partition coefficient (Wildman–Crippen LogP) is 8.90. The molecular weight excluding hydrogens is 496 g/mol. The van der Waals surface area contributed by atoms with Gasteiger partial charge >= 0.3 is 0 Å². The molecule has 198 valence electrons. The number of anilines is 2. The third kappa shape index (κ3) is 6.42. The van der Waals surface area contributed by atoms with E-state index in [1.54, 1.807) is 18.9 Å². The molecule has 6 heteroatoms. The Kier molecular flexibility index (Phi) is 9.74. The zero-order valence-corrected chi connectivity index (χ0v) is 24.2. The van der Waals surface area contributed by atoms with Crippen LogP contribution in [0.1, 0.15) is 57.9 Å². The van der Waals surface area contributed by atoms with Crippen molar-refractivity contribution in [3.05, 3.63) is 72.3 Å². The lowest BCUT2D eigenvalue weighted by Gasteiger charge is -2.44. The summed E-state index contributed by atoms with van der Waals surface area (Å²) in [5.41, 5.74) is 3.62. The molecule has 1 N–H and O–H groups in total. The molecule has 1 heterocycles. The predicted molar refractivity (Wildman–Crippen MR) is 160 cm³/mol. The number of benzene rings is 3. The summed E-state index contributed by atoms with van der Waals surface area (Å²) in [4.78, 5) is 4.51. The third-order valence-electron chi connectivity index (χ3n) is 7.29. The number of nitrogens with zero attached hydrogens (tertiary/aromatic N) is 2. The molecule has 0 aliphatic carbocycles. The molecular formula is C31H40N2O2S2. The molecule has 0 amide bonds. The van der Waals surface area contributed by atoms with Crippen molar-refractivity contribution < 1.29 is 9.84 Å². The molecule has 0 saturated carbocycles. The van der Waals surface area contributed by atoms with Gasteiger partial charge < -0.3 is 14.7 Å². The molecule has 3 aromatic carbocycles. The largest absolute Gasteiger partial charge is 0.507 e. The number of thioether (sulfide) groups is 1. The summed E-state index contributed by atoms with van der Waals surface area (Å²) in [6.45, 7) is 6.32. The quantitative estimate of drug-likeness (QED) is 0.195. The van der Waals surface area contributed by atoms with E-state index in [9.17, 15) is 5.11 Å². The number of hydrogen-bond acceptors (Lipinski definition) is 6. The van der Waals surface area contributed by atoms with Crippen LogP contribution in [-0.2, 0) is 6.54 Å². The van der Waals surface area contributed by atoms with Crippen LogP contribution in [0.3, 0.4) is 0 Å². The van der Waals surface area contributed by atoms with Gasteiger partial charge in [-0.1, -0.05) is 69.9 Å². The van der Waals surface area contributed by atoms with E-state index in [-0.39, 0.29) is 5.54 Å². The fourth-order valence-electron chi connectivity index (χ4n) is 5.14. The molecule has 4 nitrogen and oxygen atoms in total. The number of ether oxygens (including phenoxy) is 1. The molecule has 0 atom stereocenters. The molecule has 0 fully saturated rings. The summed E-state index contributed by atoms with van der Waals surface area (Å²) in [6.07, 6.45) is 9.00. The Morgan fingerprint density at radius 2 is 1.65 bits per heavy atom. The van der Waals surface area contributed by atoms with Crippen LogP contribution < -0.4 is 9.64 Å². The van der Waals surface area contributed by atoms with Crippen LogP contribution in [0.5, 0.6) is 11.5 Å². The Labute approximate surface area is 231 Å². The number of hydrogen-bond donors (Lipinski definition) is 1. The summed E-state index contributed by atoms with van der Waals surface area (Å²) >= 11 is 3.41. The Hall–Kier alpha value is -2.28. The Morgan fingerprint density at radius 3 is 2.24 bits per heavy atom. The highest BCUT2D eigenvalue weighted by Gasteiger charge is 2.42. The molecule has 4 rings (SSSR count). The van der Waals surface area contributed by atoms with E-state index in [0.717, 1.165) is 41.5 Å². The van der Waals surface area contributed by atoms with E-state index in [1.165, 1.54) is 42.6 Å². The van der Waals surface area contributed by atoms with Crippen molar-refractivity contribution in [1.82, 2.24) is 4.31 Å². The van der Waals surface area contributed by atoms with Crippen molar-refractivity contribution in [2.75, 3.05) is 24.8 Å². The minimum atomic E-state index is -0.0272. The van der Waals surface area contributed by atoms with Crippen molar-refractivity contribution in [3.63, 3.8) is 0 Å². The number of methoxy groups -OCH3 is 1. The van der Waals surface area contributed by atoms with Crippen LogP contribution in [0.15, 0.2) is 76.5 Å². The first-order valence-corrected chi connectivity index (χ1v) is 15.4. The lowest BCUT2D eigenvalue weighted by atomic mass is 9.85. The van der Waals surface area contributed by atoms with Gasteiger partial charge in [-0.25, -0.2) is 4.31 Å². The highest BCUT2D eigenvalue weighted by Crippen LogP contribution is 2.50. The SMILES string of the molecule is CCCCC1(CCCC)CN(c2ccccc2)c2cc(SC)c(O)cc2SN1Cc1ccc(OC)cc1. The second-order valence-electron chi connectivity index (χ2n) is 9.82. The van der Waals surface area contributed by atoms with Gasteiger partial charge in [0.2, 0.25) is 0 Å². The van der Waals surface area contributed by atoms with Gasteiger partial charge in [-0.3, -0.25) is 0 Å². The highest BCUT2D eigenvalue weighted by molar-refractivity contribution is 7.98. The summed E-state index contributed by atoms with van der Waals surface area (Å²) in [5.74, 6) is 1.23. The molecule has 37 heavy (non-hydrogen) atoms. The van der Waals surface area contributed by atoms with Crippen LogP contribution in [0.4, 0.5) is 11.4 Å². The second kappa shape index (κ2) is 13.0. The first kappa shape index (κ1) is 27.7. The first-order chi connectivity index (χ1) is 18.0. The van der Waals surface area contributed by atoms with Crippen molar-refractivity contribution in [1.29, 1.82) is 0 Å². The number of aromatic hydroxyl groups is 1. The molecule has 0 spiro atoms. The van der Waals surface area contributed by atoms with Crippen LogP contribution in [0, 0.1) is 0 Å². The summed E-state index contributed by atoms with van der Waals surface area (Å²) in [6, 6.07) is 23.4. The van der Waals surface area contributed by atoms with Crippen molar-refractivity contribution in [2.45, 2.75) is 74.2 Å². The smallest absolute Gasteiger partial charge is 0.130 e. The molecule has 3 aromatic rings. The van der Waals surface area contributed by atoms with Gasteiger partial charge in [0.05, 0.1) is 22.6 Å². The second-order valence-corrected chi connectivity index (χ2v) is 11.7. The summed E-state index contributed by atoms with van der Waals surface area (Å²) < 4.78 is 8.04. The summed E-state index contributed by atoms with van der Waals surface area (Å²) in [7, 11) is 1.71. The number of para-hydroxylation sites is 1. The average molecular weight is 537 g/mol. The van der Waals surface area contributed by atoms with Crippen molar-refractivity contribution >= 4 is 35.1 Å². The van der Waals surface area contributed by atoms with Gasteiger partial charge in [-0.05, 0) is 73.0 Å². The highest BCUT2D eigenvalue weighted by atomic mass is 32.2. The molecule has 0 aromatic heterocycles. The fraction of sp³-hybridized carbons (Fsp3) is 0.419. The zero-order chi connectivity index (χ0) is 26.3. The van der Waals surface area contributed by atoms with E-state index >= 15 is 0 Å². The maximum absolute atomic E-state index is 10.9. The van der Waals surface area contributed by atoms with Crippen molar-refractivity contribution in [2.24, 2.45) is 0 Å². The fourth-order valence-corrected chi connectivity index (χ4v) is 6.95.